The monoisotopic (exact) mass is 605 g/mol. The lowest BCUT2D eigenvalue weighted by molar-refractivity contribution is -0.142. The first-order valence-corrected chi connectivity index (χ1v) is 8.16. The molecule has 0 aliphatic heterocycles. The minimum atomic E-state index is -0.573. The number of carbonyl (C=O) groups excluding carboxylic acids is 2. The Hall–Kier alpha value is 0.640. The number of halogens is 4. The molecule has 4 nitrogen and oxygen atoms in total. The SMILES string of the molecule is CC(=O)OCc1c(I)c(N)c(I)c(C(=O)Cl)c1I. The van der Waals surface area contributed by atoms with E-state index in [4.69, 9.17) is 22.1 Å². The summed E-state index contributed by atoms with van der Waals surface area (Å²) in [5, 5.41) is -0.573. The molecule has 0 aliphatic rings. The number of ether oxygens (including phenoxy) is 1. The molecule has 0 spiro atoms. The Balaban J connectivity index is 3.42. The molecule has 0 aliphatic carbocycles. The second kappa shape index (κ2) is 6.88. The minimum absolute atomic E-state index is 0.0736. The molecule has 0 atom stereocenters. The van der Waals surface area contributed by atoms with Crippen LogP contribution in [0.15, 0.2) is 0 Å². The van der Waals surface area contributed by atoms with Gasteiger partial charge in [-0.15, -0.1) is 0 Å². The quantitative estimate of drug-likeness (QED) is 0.248. The molecule has 0 aromatic heterocycles. The van der Waals surface area contributed by atoms with Crippen LogP contribution in [0, 0.1) is 10.7 Å². The molecule has 0 amide bonds. The summed E-state index contributed by atoms with van der Waals surface area (Å²) in [6.45, 7) is 1.40. The predicted octanol–water partition coefficient (Wildman–Crippen LogP) is 3.52. The Morgan fingerprint density at radius 2 is 1.78 bits per heavy atom. The van der Waals surface area contributed by atoms with Crippen LogP contribution in [0.1, 0.15) is 22.8 Å². The van der Waals surface area contributed by atoms with Gasteiger partial charge in [-0.2, -0.15) is 0 Å². The third-order valence-corrected chi connectivity index (χ3v) is 5.79. The van der Waals surface area contributed by atoms with Crippen molar-refractivity contribution in [3.8, 4) is 0 Å². The van der Waals surface area contributed by atoms with Gasteiger partial charge in [-0.25, -0.2) is 0 Å². The Kier molecular flexibility index (Phi) is 6.38. The van der Waals surface area contributed by atoms with Gasteiger partial charge in [-0.1, -0.05) is 0 Å². The van der Waals surface area contributed by atoms with Crippen LogP contribution in [0.4, 0.5) is 5.69 Å². The van der Waals surface area contributed by atoms with E-state index in [-0.39, 0.29) is 6.61 Å². The third-order valence-electron chi connectivity index (χ3n) is 2.06. The van der Waals surface area contributed by atoms with Gasteiger partial charge in [0.25, 0.3) is 5.24 Å². The Morgan fingerprint density at radius 1 is 1.22 bits per heavy atom. The van der Waals surface area contributed by atoms with Gasteiger partial charge in [0, 0.05) is 19.6 Å². The van der Waals surface area contributed by atoms with Gasteiger partial charge in [0.1, 0.15) is 6.61 Å². The van der Waals surface area contributed by atoms with E-state index >= 15 is 0 Å². The first-order valence-electron chi connectivity index (χ1n) is 4.55. The fourth-order valence-electron chi connectivity index (χ4n) is 1.21. The number of nitrogen functional groups attached to an aromatic ring is 1. The van der Waals surface area contributed by atoms with Gasteiger partial charge >= 0.3 is 5.97 Å². The molecule has 0 unspecified atom stereocenters. The van der Waals surface area contributed by atoms with E-state index in [2.05, 4.69) is 22.6 Å². The van der Waals surface area contributed by atoms with Gasteiger partial charge < -0.3 is 10.5 Å². The zero-order chi connectivity index (χ0) is 14.0. The summed E-state index contributed by atoms with van der Waals surface area (Å²) < 4.78 is 7.01. The van der Waals surface area contributed by atoms with Crippen LogP contribution in [0.3, 0.4) is 0 Å². The van der Waals surface area contributed by atoms with Crippen molar-refractivity contribution in [2.24, 2.45) is 0 Å². The van der Waals surface area contributed by atoms with Gasteiger partial charge in [-0.05, 0) is 79.4 Å². The van der Waals surface area contributed by atoms with E-state index in [1.165, 1.54) is 6.92 Å². The molecule has 0 saturated carbocycles. The highest BCUT2D eigenvalue weighted by Crippen LogP contribution is 2.34. The van der Waals surface area contributed by atoms with Crippen molar-refractivity contribution in [3.63, 3.8) is 0 Å². The summed E-state index contributed by atoms with van der Waals surface area (Å²) in [7, 11) is 0. The lowest BCUT2D eigenvalue weighted by Gasteiger charge is -2.15. The van der Waals surface area contributed by atoms with Crippen LogP contribution < -0.4 is 5.73 Å². The van der Waals surface area contributed by atoms with Crippen molar-refractivity contribution in [1.29, 1.82) is 0 Å². The normalized spacial score (nSPS) is 10.3. The summed E-state index contributed by atoms with van der Waals surface area (Å²) in [4.78, 5) is 22.3. The van der Waals surface area contributed by atoms with Crippen LogP contribution in [-0.4, -0.2) is 11.2 Å². The first-order chi connectivity index (χ1) is 8.27. The molecule has 0 radical (unpaired) electrons. The number of hydrogen-bond donors (Lipinski definition) is 1. The lowest BCUT2D eigenvalue weighted by atomic mass is 10.1. The Bertz CT molecular complexity index is 534. The zero-order valence-corrected chi connectivity index (χ0v) is 16.2. The van der Waals surface area contributed by atoms with Crippen LogP contribution in [0.25, 0.3) is 0 Å². The maximum absolute atomic E-state index is 11.4. The second-order valence-corrected chi connectivity index (χ2v) is 6.84. The third kappa shape index (κ3) is 3.60. The molecule has 0 bridgehead atoms. The van der Waals surface area contributed by atoms with E-state index in [1.807, 2.05) is 45.2 Å². The molecular formula is C10H7ClI3NO3. The number of carbonyl (C=O) groups is 2. The second-order valence-electron chi connectivity index (χ2n) is 3.26. The van der Waals surface area contributed by atoms with Crippen LogP contribution >= 0.6 is 79.4 Å². The van der Waals surface area contributed by atoms with Crippen molar-refractivity contribution in [1.82, 2.24) is 0 Å². The van der Waals surface area contributed by atoms with Gasteiger partial charge in [0.05, 0.1) is 14.8 Å². The van der Waals surface area contributed by atoms with Crippen molar-refractivity contribution in [3.05, 3.63) is 21.8 Å². The highest BCUT2D eigenvalue weighted by Gasteiger charge is 2.22. The number of anilines is 1. The Morgan fingerprint density at radius 3 is 2.22 bits per heavy atom. The lowest BCUT2D eigenvalue weighted by Crippen LogP contribution is -2.11. The summed E-state index contributed by atoms with van der Waals surface area (Å²) in [6, 6.07) is 0. The molecule has 1 rings (SSSR count). The Labute approximate surface area is 150 Å². The summed E-state index contributed by atoms with van der Waals surface area (Å²) in [6.07, 6.45) is 0. The van der Waals surface area contributed by atoms with Crippen molar-refractivity contribution >= 4 is 96.3 Å². The van der Waals surface area contributed by atoms with E-state index < -0.39 is 11.2 Å². The molecule has 1 aromatic rings. The van der Waals surface area contributed by atoms with Crippen molar-refractivity contribution < 1.29 is 14.3 Å². The van der Waals surface area contributed by atoms with Gasteiger partial charge in [0.15, 0.2) is 0 Å². The van der Waals surface area contributed by atoms with Crippen LogP contribution in [0.2, 0.25) is 0 Å². The predicted molar refractivity (Wildman–Crippen MR) is 94.7 cm³/mol. The van der Waals surface area contributed by atoms with E-state index in [9.17, 15) is 9.59 Å². The maximum Gasteiger partial charge on any atom is 0.302 e. The molecule has 0 fully saturated rings. The number of rotatable bonds is 3. The van der Waals surface area contributed by atoms with Gasteiger partial charge in [-0.3, -0.25) is 9.59 Å². The van der Waals surface area contributed by atoms with Crippen molar-refractivity contribution in [2.45, 2.75) is 13.5 Å². The van der Waals surface area contributed by atoms with Crippen LogP contribution in [0.5, 0.6) is 0 Å². The highest BCUT2D eigenvalue weighted by molar-refractivity contribution is 14.1. The van der Waals surface area contributed by atoms with Crippen molar-refractivity contribution in [2.75, 3.05) is 5.73 Å². The van der Waals surface area contributed by atoms with Gasteiger partial charge in [0.2, 0.25) is 0 Å². The summed E-state index contributed by atoms with van der Waals surface area (Å²) >= 11 is 11.6. The molecular weight excluding hydrogens is 598 g/mol. The molecule has 0 saturated heterocycles. The zero-order valence-electron chi connectivity index (χ0n) is 9.02. The molecule has 0 heterocycles. The van der Waals surface area contributed by atoms with E-state index in [0.717, 1.165) is 3.57 Å². The minimum Gasteiger partial charge on any atom is -0.461 e. The molecule has 18 heavy (non-hydrogen) atoms. The molecule has 1 aromatic carbocycles. The average molecular weight is 605 g/mol. The smallest absolute Gasteiger partial charge is 0.302 e. The summed E-state index contributed by atoms with van der Waals surface area (Å²) in [5.74, 6) is -0.391. The molecule has 8 heteroatoms. The number of nitrogens with two attached hydrogens (primary N) is 1. The number of benzene rings is 1. The maximum atomic E-state index is 11.4. The first kappa shape index (κ1) is 16.7. The molecule has 2 N–H and O–H groups in total. The fourth-order valence-corrected chi connectivity index (χ4v) is 5.69. The fraction of sp³-hybridized carbons (Fsp3) is 0.200. The average Bonchev–Trinajstić information content (AvgIpc) is 2.25. The van der Waals surface area contributed by atoms with Crippen LogP contribution in [-0.2, 0) is 16.1 Å². The summed E-state index contributed by atoms with van der Waals surface area (Å²) in [5.41, 5.74) is 7.46. The van der Waals surface area contributed by atoms with E-state index in [1.54, 1.807) is 0 Å². The highest BCUT2D eigenvalue weighted by atomic mass is 127. The largest absolute Gasteiger partial charge is 0.461 e. The number of hydrogen-bond acceptors (Lipinski definition) is 4. The van der Waals surface area contributed by atoms with E-state index in [0.29, 0.717) is 24.0 Å². The number of esters is 1. The standard InChI is InChI=1S/C10H7ClI3NO3/c1-3(16)18-2-4-6(12)5(10(11)17)8(14)9(15)7(4)13/h2,15H2,1H3. The molecule has 98 valence electrons. The topological polar surface area (TPSA) is 69.4 Å².